The van der Waals surface area contributed by atoms with Crippen molar-refractivity contribution in [3.63, 3.8) is 0 Å². The molecular formula is C10H13N3O4S2. The standard InChI is InChI=1S/C10H13N3O4S2/c14-5-1-2-9-8-11-10(18-9)12-19(15,16)13-3-6-17-7-4-13/h8,14H,3-7H2,(H,11,12). The maximum atomic E-state index is 12.0. The Morgan fingerprint density at radius 3 is 2.95 bits per heavy atom. The predicted octanol–water partition coefficient (Wildman–Crippen LogP) is -0.524. The van der Waals surface area contributed by atoms with Crippen LogP contribution >= 0.6 is 11.3 Å². The fourth-order valence-electron chi connectivity index (χ4n) is 1.47. The van der Waals surface area contributed by atoms with Crippen LogP contribution in [0.3, 0.4) is 0 Å². The molecule has 0 saturated carbocycles. The average Bonchev–Trinajstić information content (AvgIpc) is 2.84. The van der Waals surface area contributed by atoms with Gasteiger partial charge in [0.1, 0.15) is 6.61 Å². The second kappa shape index (κ2) is 6.31. The van der Waals surface area contributed by atoms with E-state index >= 15 is 0 Å². The first-order chi connectivity index (χ1) is 9.12. The third kappa shape index (κ3) is 3.89. The highest BCUT2D eigenvalue weighted by atomic mass is 32.2. The number of rotatable bonds is 3. The van der Waals surface area contributed by atoms with E-state index in [9.17, 15) is 8.42 Å². The summed E-state index contributed by atoms with van der Waals surface area (Å²) in [5.41, 5.74) is 0. The molecule has 0 radical (unpaired) electrons. The minimum atomic E-state index is -3.59. The smallest absolute Gasteiger partial charge is 0.303 e. The summed E-state index contributed by atoms with van der Waals surface area (Å²) < 4.78 is 32.9. The highest BCUT2D eigenvalue weighted by Gasteiger charge is 2.24. The van der Waals surface area contributed by atoms with Crippen molar-refractivity contribution in [3.05, 3.63) is 11.1 Å². The highest BCUT2D eigenvalue weighted by Crippen LogP contribution is 2.19. The van der Waals surface area contributed by atoms with E-state index in [4.69, 9.17) is 9.84 Å². The predicted molar refractivity (Wildman–Crippen MR) is 71.0 cm³/mol. The molecule has 0 spiro atoms. The fourth-order valence-corrected chi connectivity index (χ4v) is 3.52. The number of nitrogens with one attached hydrogen (secondary N) is 1. The lowest BCUT2D eigenvalue weighted by atomic mass is 10.5. The molecule has 1 saturated heterocycles. The van der Waals surface area contributed by atoms with Gasteiger partial charge in [-0.2, -0.15) is 12.7 Å². The van der Waals surface area contributed by atoms with Crippen LogP contribution < -0.4 is 4.72 Å². The van der Waals surface area contributed by atoms with E-state index < -0.39 is 10.2 Å². The van der Waals surface area contributed by atoms with Crippen LogP contribution in [0.25, 0.3) is 0 Å². The maximum absolute atomic E-state index is 12.0. The molecule has 0 atom stereocenters. The van der Waals surface area contributed by atoms with Crippen LogP contribution in [0.2, 0.25) is 0 Å². The molecule has 0 unspecified atom stereocenters. The number of thiazole rings is 1. The van der Waals surface area contributed by atoms with Gasteiger partial charge in [0.15, 0.2) is 5.13 Å². The molecule has 2 heterocycles. The quantitative estimate of drug-likeness (QED) is 0.733. The number of nitrogens with zero attached hydrogens (tertiary/aromatic N) is 2. The first kappa shape index (κ1) is 14.2. The first-order valence-corrected chi connectivity index (χ1v) is 7.78. The van der Waals surface area contributed by atoms with Gasteiger partial charge in [-0.1, -0.05) is 23.2 Å². The molecule has 0 aliphatic carbocycles. The van der Waals surface area contributed by atoms with Crippen molar-refractivity contribution in [2.75, 3.05) is 37.6 Å². The lowest BCUT2D eigenvalue weighted by Gasteiger charge is -2.25. The Balaban J connectivity index is 2.05. The number of hydrogen-bond acceptors (Lipinski definition) is 6. The fraction of sp³-hybridized carbons (Fsp3) is 0.500. The van der Waals surface area contributed by atoms with Gasteiger partial charge in [-0.25, -0.2) is 9.71 Å². The third-order valence-electron chi connectivity index (χ3n) is 2.32. The molecule has 9 heteroatoms. The van der Waals surface area contributed by atoms with Crippen molar-refractivity contribution in [2.24, 2.45) is 0 Å². The van der Waals surface area contributed by atoms with Crippen LogP contribution in [0.4, 0.5) is 5.13 Å². The zero-order valence-corrected chi connectivity index (χ0v) is 11.6. The van der Waals surface area contributed by atoms with E-state index in [0.29, 0.717) is 31.2 Å². The summed E-state index contributed by atoms with van der Waals surface area (Å²) in [5, 5.41) is 8.83. The monoisotopic (exact) mass is 303 g/mol. The molecule has 1 aromatic rings. The summed E-state index contributed by atoms with van der Waals surface area (Å²) in [7, 11) is -3.59. The van der Waals surface area contributed by atoms with Crippen molar-refractivity contribution in [2.45, 2.75) is 0 Å². The Kier molecular flexibility index (Phi) is 4.73. The Hall–Kier alpha value is -1.18. The van der Waals surface area contributed by atoms with Crippen LogP contribution in [-0.4, -0.2) is 55.7 Å². The third-order valence-corrected chi connectivity index (χ3v) is 4.78. The van der Waals surface area contributed by atoms with E-state index in [1.54, 1.807) is 0 Å². The molecule has 1 aromatic heterocycles. The van der Waals surface area contributed by atoms with Crippen LogP contribution in [0.5, 0.6) is 0 Å². The molecule has 104 valence electrons. The molecule has 7 nitrogen and oxygen atoms in total. The minimum absolute atomic E-state index is 0.243. The Bertz CT molecular complexity index is 581. The summed E-state index contributed by atoms with van der Waals surface area (Å²) in [4.78, 5) is 4.53. The molecule has 1 aliphatic heterocycles. The van der Waals surface area contributed by atoms with Gasteiger partial charge in [0, 0.05) is 13.1 Å². The molecule has 0 aromatic carbocycles. The van der Waals surface area contributed by atoms with E-state index in [1.807, 2.05) is 0 Å². The van der Waals surface area contributed by atoms with Crippen LogP contribution in [0.15, 0.2) is 6.20 Å². The molecule has 1 aliphatic rings. The number of morpholine rings is 1. The average molecular weight is 303 g/mol. The zero-order chi connectivity index (χ0) is 13.7. The van der Waals surface area contributed by atoms with Gasteiger partial charge in [-0.15, -0.1) is 0 Å². The summed E-state index contributed by atoms with van der Waals surface area (Å²) in [6.07, 6.45) is 1.46. The Morgan fingerprint density at radius 2 is 2.26 bits per heavy atom. The number of aromatic nitrogens is 1. The van der Waals surface area contributed by atoms with E-state index in [0.717, 1.165) is 11.3 Å². The van der Waals surface area contributed by atoms with E-state index in [2.05, 4.69) is 21.5 Å². The second-order valence-corrected chi connectivity index (χ2v) is 6.31. The van der Waals surface area contributed by atoms with Crippen molar-refractivity contribution in [3.8, 4) is 11.8 Å². The number of anilines is 1. The van der Waals surface area contributed by atoms with Crippen LogP contribution in [0, 0.1) is 11.8 Å². The molecule has 19 heavy (non-hydrogen) atoms. The molecule has 2 N–H and O–H groups in total. The van der Waals surface area contributed by atoms with Crippen molar-refractivity contribution in [1.29, 1.82) is 0 Å². The van der Waals surface area contributed by atoms with Crippen LogP contribution in [0.1, 0.15) is 4.88 Å². The van der Waals surface area contributed by atoms with Gasteiger partial charge < -0.3 is 9.84 Å². The van der Waals surface area contributed by atoms with Crippen molar-refractivity contribution in [1.82, 2.24) is 9.29 Å². The second-order valence-electron chi connectivity index (χ2n) is 3.61. The van der Waals surface area contributed by atoms with Gasteiger partial charge in [0.25, 0.3) is 0 Å². The Labute approximate surface area is 115 Å². The number of aliphatic hydroxyl groups excluding tert-OH is 1. The van der Waals surface area contributed by atoms with E-state index in [-0.39, 0.29) is 11.7 Å². The van der Waals surface area contributed by atoms with Crippen LogP contribution in [-0.2, 0) is 14.9 Å². The molecule has 0 amide bonds. The van der Waals surface area contributed by atoms with Gasteiger partial charge in [0.05, 0.1) is 24.3 Å². The molecule has 2 rings (SSSR count). The van der Waals surface area contributed by atoms with Crippen molar-refractivity contribution >= 4 is 26.7 Å². The molecule has 1 fully saturated rings. The topological polar surface area (TPSA) is 91.8 Å². The maximum Gasteiger partial charge on any atom is 0.303 e. The normalized spacial score (nSPS) is 16.7. The van der Waals surface area contributed by atoms with Gasteiger partial charge >= 0.3 is 10.2 Å². The molecule has 0 bridgehead atoms. The number of aliphatic hydroxyl groups is 1. The first-order valence-electron chi connectivity index (χ1n) is 5.53. The zero-order valence-electron chi connectivity index (χ0n) is 10.00. The minimum Gasteiger partial charge on any atom is -0.384 e. The molecular weight excluding hydrogens is 290 g/mol. The van der Waals surface area contributed by atoms with Gasteiger partial charge in [-0.05, 0) is 0 Å². The number of hydrogen-bond donors (Lipinski definition) is 2. The lowest BCUT2D eigenvalue weighted by molar-refractivity contribution is 0.0733. The van der Waals surface area contributed by atoms with E-state index in [1.165, 1.54) is 10.5 Å². The largest absolute Gasteiger partial charge is 0.384 e. The SMILES string of the molecule is O=S(=O)(Nc1ncc(C#CCO)s1)N1CCOCC1. The number of ether oxygens (including phenoxy) is 1. The van der Waals surface area contributed by atoms with Gasteiger partial charge in [-0.3, -0.25) is 0 Å². The lowest BCUT2D eigenvalue weighted by Crippen LogP contribution is -2.43. The highest BCUT2D eigenvalue weighted by molar-refractivity contribution is 7.90. The van der Waals surface area contributed by atoms with Crippen molar-refractivity contribution < 1.29 is 18.3 Å². The summed E-state index contributed by atoms with van der Waals surface area (Å²) in [5.74, 6) is 5.14. The van der Waals surface area contributed by atoms with Gasteiger partial charge in [0.2, 0.25) is 0 Å². The summed E-state index contributed by atoms with van der Waals surface area (Å²) in [6, 6.07) is 0. The Morgan fingerprint density at radius 1 is 1.53 bits per heavy atom. The summed E-state index contributed by atoms with van der Waals surface area (Å²) >= 11 is 1.12. The summed E-state index contributed by atoms with van der Waals surface area (Å²) in [6.45, 7) is 1.21.